The maximum Gasteiger partial charge on any atom is 0.126 e. The van der Waals surface area contributed by atoms with Gasteiger partial charge < -0.3 is 4.42 Å². The molecule has 126 valence electrons. The Kier molecular flexibility index (Phi) is 4.49. The van der Waals surface area contributed by atoms with Gasteiger partial charge in [-0.2, -0.15) is 0 Å². The van der Waals surface area contributed by atoms with Crippen LogP contribution >= 0.6 is 0 Å². The molecule has 0 saturated carbocycles. The predicted molar refractivity (Wildman–Crippen MR) is 90.0 cm³/mol. The second-order valence-corrected chi connectivity index (χ2v) is 6.17. The van der Waals surface area contributed by atoms with Gasteiger partial charge in [-0.3, -0.25) is 4.90 Å². The number of hydrogen-bond acceptors (Lipinski definition) is 4. The fourth-order valence-corrected chi connectivity index (χ4v) is 2.71. The van der Waals surface area contributed by atoms with Crippen molar-refractivity contribution < 1.29 is 8.81 Å². The topological polar surface area (TPSA) is 47.1 Å². The standard InChI is InChI=1S/C18H21FN4O/c1-12-8-9-18(24-12)17(22(3)4)11-23-10-16(20-21-23)14-6-5-7-15(19)13(14)2/h5-10,17H,11H2,1-4H3/t17-/m1/s1. The molecule has 0 fully saturated rings. The molecular weight excluding hydrogens is 307 g/mol. The van der Waals surface area contributed by atoms with Crippen molar-refractivity contribution >= 4 is 0 Å². The first-order valence-electron chi connectivity index (χ1n) is 7.84. The fraction of sp³-hybridized carbons (Fsp3) is 0.333. The number of halogens is 1. The van der Waals surface area contributed by atoms with Crippen LogP contribution in [0, 0.1) is 19.7 Å². The Morgan fingerprint density at radius 1 is 1.21 bits per heavy atom. The average molecular weight is 328 g/mol. The second kappa shape index (κ2) is 6.57. The number of benzene rings is 1. The summed E-state index contributed by atoms with van der Waals surface area (Å²) in [7, 11) is 3.99. The molecule has 1 atom stereocenters. The third kappa shape index (κ3) is 3.23. The van der Waals surface area contributed by atoms with Crippen molar-refractivity contribution in [2.45, 2.75) is 26.4 Å². The summed E-state index contributed by atoms with van der Waals surface area (Å²) >= 11 is 0. The molecule has 5 nitrogen and oxygen atoms in total. The molecule has 2 aromatic heterocycles. The van der Waals surface area contributed by atoms with Crippen molar-refractivity contribution in [3.05, 3.63) is 59.4 Å². The zero-order valence-electron chi connectivity index (χ0n) is 14.3. The maximum absolute atomic E-state index is 13.7. The molecule has 0 amide bonds. The predicted octanol–water partition coefficient (Wildman–Crippen LogP) is 3.60. The van der Waals surface area contributed by atoms with E-state index >= 15 is 0 Å². The first-order chi connectivity index (χ1) is 11.5. The minimum absolute atomic E-state index is 0.0434. The highest BCUT2D eigenvalue weighted by molar-refractivity contribution is 5.62. The van der Waals surface area contributed by atoms with Gasteiger partial charge in [0, 0.05) is 5.56 Å². The van der Waals surface area contributed by atoms with Crippen LogP contribution in [0.2, 0.25) is 0 Å². The first-order valence-corrected chi connectivity index (χ1v) is 7.84. The number of aromatic nitrogens is 3. The van der Waals surface area contributed by atoms with Crippen molar-refractivity contribution in [1.82, 2.24) is 19.9 Å². The number of furan rings is 1. The quantitative estimate of drug-likeness (QED) is 0.718. The molecule has 0 unspecified atom stereocenters. The van der Waals surface area contributed by atoms with Crippen LogP contribution in [-0.4, -0.2) is 34.0 Å². The van der Waals surface area contributed by atoms with Crippen molar-refractivity contribution in [1.29, 1.82) is 0 Å². The molecule has 24 heavy (non-hydrogen) atoms. The van der Waals surface area contributed by atoms with Crippen molar-refractivity contribution in [3.8, 4) is 11.3 Å². The minimum Gasteiger partial charge on any atom is -0.465 e. The highest BCUT2D eigenvalue weighted by atomic mass is 19.1. The van der Waals surface area contributed by atoms with E-state index in [1.807, 2.05) is 45.4 Å². The second-order valence-electron chi connectivity index (χ2n) is 6.17. The van der Waals surface area contributed by atoms with Crippen LogP contribution < -0.4 is 0 Å². The smallest absolute Gasteiger partial charge is 0.126 e. The Hall–Kier alpha value is -2.47. The maximum atomic E-state index is 13.7. The van der Waals surface area contributed by atoms with Crippen LogP contribution in [0.3, 0.4) is 0 Å². The Balaban J connectivity index is 1.86. The van der Waals surface area contributed by atoms with E-state index in [4.69, 9.17) is 4.42 Å². The summed E-state index contributed by atoms with van der Waals surface area (Å²) in [5.41, 5.74) is 2.01. The molecule has 0 radical (unpaired) electrons. The van der Waals surface area contributed by atoms with Gasteiger partial charge in [0.15, 0.2) is 0 Å². The zero-order valence-corrected chi connectivity index (χ0v) is 14.3. The van der Waals surface area contributed by atoms with E-state index < -0.39 is 0 Å². The summed E-state index contributed by atoms with van der Waals surface area (Å²) in [5, 5.41) is 8.39. The fourth-order valence-electron chi connectivity index (χ4n) is 2.71. The highest BCUT2D eigenvalue weighted by Crippen LogP contribution is 2.25. The van der Waals surface area contributed by atoms with Crippen LogP contribution in [0.15, 0.2) is 40.9 Å². The summed E-state index contributed by atoms with van der Waals surface area (Å²) < 4.78 is 21.3. The zero-order chi connectivity index (χ0) is 17.3. The number of hydrogen-bond donors (Lipinski definition) is 0. The van der Waals surface area contributed by atoms with Gasteiger partial charge in [0.05, 0.1) is 18.8 Å². The van der Waals surface area contributed by atoms with Crippen molar-refractivity contribution in [2.24, 2.45) is 0 Å². The van der Waals surface area contributed by atoms with Crippen molar-refractivity contribution in [3.63, 3.8) is 0 Å². The Labute approximate surface area is 140 Å². The van der Waals surface area contributed by atoms with Crippen LogP contribution in [0.5, 0.6) is 0 Å². The van der Waals surface area contributed by atoms with Crippen LogP contribution in [0.25, 0.3) is 11.3 Å². The molecule has 0 aliphatic carbocycles. The van der Waals surface area contributed by atoms with Gasteiger partial charge >= 0.3 is 0 Å². The number of nitrogens with zero attached hydrogens (tertiary/aromatic N) is 4. The van der Waals surface area contributed by atoms with E-state index in [0.29, 0.717) is 17.8 Å². The third-order valence-electron chi connectivity index (χ3n) is 4.16. The molecule has 6 heteroatoms. The van der Waals surface area contributed by atoms with Gasteiger partial charge in [-0.15, -0.1) is 5.10 Å². The molecule has 1 aromatic carbocycles. The summed E-state index contributed by atoms with van der Waals surface area (Å²) in [6, 6.07) is 8.96. The molecule has 0 N–H and O–H groups in total. The van der Waals surface area contributed by atoms with Gasteiger partial charge in [0.25, 0.3) is 0 Å². The Morgan fingerprint density at radius 2 is 2.00 bits per heavy atom. The molecule has 2 heterocycles. The molecule has 0 aliphatic rings. The lowest BCUT2D eigenvalue weighted by molar-refractivity contribution is 0.223. The van der Waals surface area contributed by atoms with Gasteiger partial charge in [-0.1, -0.05) is 17.3 Å². The average Bonchev–Trinajstić information content (AvgIpc) is 3.16. The van der Waals surface area contributed by atoms with Gasteiger partial charge in [-0.05, 0) is 51.7 Å². The lowest BCUT2D eigenvalue weighted by Gasteiger charge is -2.21. The van der Waals surface area contributed by atoms with Gasteiger partial charge in [0.2, 0.25) is 0 Å². The summed E-state index contributed by atoms with van der Waals surface area (Å²) in [6.45, 7) is 4.27. The van der Waals surface area contributed by atoms with E-state index in [1.165, 1.54) is 6.07 Å². The number of likely N-dealkylation sites (N-methyl/N-ethyl adjacent to an activating group) is 1. The third-order valence-corrected chi connectivity index (χ3v) is 4.16. The van der Waals surface area contributed by atoms with E-state index in [1.54, 1.807) is 17.7 Å². The van der Waals surface area contributed by atoms with E-state index in [0.717, 1.165) is 17.1 Å². The van der Waals surface area contributed by atoms with E-state index in [9.17, 15) is 4.39 Å². The van der Waals surface area contributed by atoms with Crippen molar-refractivity contribution in [2.75, 3.05) is 14.1 Å². The minimum atomic E-state index is -0.237. The van der Waals surface area contributed by atoms with Crippen LogP contribution in [0.4, 0.5) is 4.39 Å². The molecule has 3 rings (SSSR count). The normalized spacial score (nSPS) is 12.8. The number of aryl methyl sites for hydroxylation is 1. The van der Waals surface area contributed by atoms with Crippen LogP contribution in [-0.2, 0) is 6.54 Å². The molecule has 0 aliphatic heterocycles. The first kappa shape index (κ1) is 16.4. The highest BCUT2D eigenvalue weighted by Gasteiger charge is 2.19. The monoisotopic (exact) mass is 328 g/mol. The summed E-state index contributed by atoms with van der Waals surface area (Å²) in [5.74, 6) is 1.53. The molecular formula is C18H21FN4O. The lowest BCUT2D eigenvalue weighted by atomic mass is 10.1. The summed E-state index contributed by atoms with van der Waals surface area (Å²) in [6.07, 6.45) is 1.84. The SMILES string of the molecule is Cc1ccc([C@@H](Cn2cc(-c3cccc(F)c3C)nn2)N(C)C)o1. The molecule has 0 bridgehead atoms. The van der Waals surface area contributed by atoms with E-state index in [2.05, 4.69) is 15.2 Å². The Morgan fingerprint density at radius 3 is 2.67 bits per heavy atom. The molecule has 0 saturated heterocycles. The largest absolute Gasteiger partial charge is 0.465 e. The molecule has 0 spiro atoms. The molecule has 3 aromatic rings. The van der Waals surface area contributed by atoms with Gasteiger partial charge in [-0.25, -0.2) is 9.07 Å². The van der Waals surface area contributed by atoms with Gasteiger partial charge in [0.1, 0.15) is 23.0 Å². The summed E-state index contributed by atoms with van der Waals surface area (Å²) in [4.78, 5) is 2.08. The lowest BCUT2D eigenvalue weighted by Crippen LogP contribution is -2.24. The Bertz CT molecular complexity index is 837. The number of rotatable bonds is 5. The van der Waals surface area contributed by atoms with Crippen LogP contribution in [0.1, 0.15) is 23.1 Å². The van der Waals surface area contributed by atoms with E-state index in [-0.39, 0.29) is 11.9 Å².